The van der Waals surface area contributed by atoms with E-state index in [1.54, 1.807) is 13.0 Å². The molecule has 1 N–H and O–H groups in total. The Hall–Kier alpha value is -1.99. The molecule has 0 atom stereocenters. The predicted octanol–water partition coefficient (Wildman–Crippen LogP) is 2.54. The molecule has 0 aliphatic carbocycles. The largest absolute Gasteiger partial charge is 0.465 e. The Labute approximate surface area is 123 Å². The summed E-state index contributed by atoms with van der Waals surface area (Å²) < 4.78 is 4.63. The second-order valence-corrected chi connectivity index (χ2v) is 5.14. The molecule has 0 spiro atoms. The highest BCUT2D eigenvalue weighted by atomic mass is 35.5. The first-order valence-electron chi connectivity index (χ1n) is 5.50. The number of pyridine rings is 1. The van der Waals surface area contributed by atoms with Gasteiger partial charge in [-0.1, -0.05) is 22.9 Å². The molecule has 8 heteroatoms. The minimum atomic E-state index is -0.478. The van der Waals surface area contributed by atoms with Crippen LogP contribution in [0.5, 0.6) is 0 Å². The summed E-state index contributed by atoms with van der Waals surface area (Å²) in [6.45, 7) is 1.67. The number of methoxy groups -OCH3 is 1. The van der Waals surface area contributed by atoms with Crippen LogP contribution < -0.4 is 5.32 Å². The highest BCUT2D eigenvalue weighted by Gasteiger charge is 2.17. The fraction of sp³-hybridized carbons (Fsp3) is 0.167. The Balaban J connectivity index is 2.16. The van der Waals surface area contributed by atoms with Crippen molar-refractivity contribution in [2.75, 3.05) is 12.4 Å². The molecule has 104 valence electrons. The summed E-state index contributed by atoms with van der Waals surface area (Å²) in [6.07, 6.45) is 1.36. The summed E-state index contributed by atoms with van der Waals surface area (Å²) in [7, 11) is 1.29. The molecule has 2 aromatic heterocycles. The molecule has 1 amide bonds. The van der Waals surface area contributed by atoms with Crippen LogP contribution in [0.4, 0.5) is 5.13 Å². The fourth-order valence-electron chi connectivity index (χ4n) is 1.41. The maximum Gasteiger partial charge on any atom is 0.350 e. The van der Waals surface area contributed by atoms with E-state index in [2.05, 4.69) is 20.0 Å². The maximum absolute atomic E-state index is 11.9. The summed E-state index contributed by atoms with van der Waals surface area (Å²) in [6, 6.07) is 3.07. The van der Waals surface area contributed by atoms with E-state index < -0.39 is 5.97 Å². The molecule has 0 aliphatic heterocycles. The summed E-state index contributed by atoms with van der Waals surface area (Å²) in [5.41, 5.74) is 0.855. The molecule has 0 aromatic carbocycles. The molecule has 2 aromatic rings. The maximum atomic E-state index is 11.9. The van der Waals surface area contributed by atoms with Crippen molar-refractivity contribution in [3.63, 3.8) is 0 Å². The number of hydrogen-bond donors (Lipinski definition) is 1. The van der Waals surface area contributed by atoms with E-state index in [1.807, 2.05) is 0 Å². The summed E-state index contributed by atoms with van der Waals surface area (Å²) >= 11 is 6.70. The molecular weight excluding hydrogens is 302 g/mol. The molecular formula is C12H10ClN3O3S. The summed E-state index contributed by atoms with van der Waals surface area (Å²) in [5, 5.41) is 3.22. The molecule has 0 radical (unpaired) electrons. The number of rotatable bonds is 3. The van der Waals surface area contributed by atoms with Gasteiger partial charge in [-0.25, -0.2) is 14.8 Å². The van der Waals surface area contributed by atoms with Crippen molar-refractivity contribution in [1.29, 1.82) is 0 Å². The number of aromatic nitrogens is 2. The number of aryl methyl sites for hydroxylation is 1. The normalized spacial score (nSPS) is 10.2. The number of amides is 1. The van der Waals surface area contributed by atoms with Crippen LogP contribution in [-0.2, 0) is 4.74 Å². The van der Waals surface area contributed by atoms with Gasteiger partial charge in [0.1, 0.15) is 10.0 Å². The molecule has 0 bridgehead atoms. The Bertz CT molecular complexity index is 654. The van der Waals surface area contributed by atoms with Gasteiger partial charge in [-0.05, 0) is 19.1 Å². The Kier molecular flexibility index (Phi) is 4.31. The number of halogens is 1. The Morgan fingerprint density at radius 3 is 2.75 bits per heavy atom. The van der Waals surface area contributed by atoms with Crippen LogP contribution >= 0.6 is 22.9 Å². The van der Waals surface area contributed by atoms with E-state index in [1.165, 1.54) is 19.4 Å². The lowest BCUT2D eigenvalue weighted by Gasteiger charge is -2.00. The van der Waals surface area contributed by atoms with Crippen LogP contribution in [0.2, 0.25) is 5.15 Å². The number of nitrogens with one attached hydrogen (secondary N) is 1. The number of hydrogen-bond acceptors (Lipinski definition) is 6. The number of nitrogens with zero attached hydrogens (tertiary/aromatic N) is 2. The van der Waals surface area contributed by atoms with Gasteiger partial charge in [-0.2, -0.15) is 0 Å². The molecule has 20 heavy (non-hydrogen) atoms. The highest BCUT2D eigenvalue weighted by Crippen LogP contribution is 2.23. The first-order chi connectivity index (χ1) is 9.51. The topological polar surface area (TPSA) is 81.2 Å². The Morgan fingerprint density at radius 2 is 2.15 bits per heavy atom. The van der Waals surface area contributed by atoms with Gasteiger partial charge in [-0.3, -0.25) is 10.1 Å². The lowest BCUT2D eigenvalue weighted by Crippen LogP contribution is -2.11. The molecule has 0 saturated carbocycles. The monoisotopic (exact) mass is 311 g/mol. The first kappa shape index (κ1) is 14.4. The summed E-state index contributed by atoms with van der Waals surface area (Å²) in [5.74, 6) is -0.854. The van der Waals surface area contributed by atoms with Crippen molar-refractivity contribution in [2.24, 2.45) is 0 Å². The van der Waals surface area contributed by atoms with Gasteiger partial charge in [0.15, 0.2) is 5.13 Å². The second kappa shape index (κ2) is 5.98. The average molecular weight is 312 g/mol. The molecule has 0 fully saturated rings. The van der Waals surface area contributed by atoms with E-state index in [0.29, 0.717) is 26.4 Å². The van der Waals surface area contributed by atoms with Gasteiger partial charge in [0, 0.05) is 6.20 Å². The molecule has 6 nitrogen and oxygen atoms in total. The minimum Gasteiger partial charge on any atom is -0.465 e. The molecule has 2 rings (SSSR count). The third-order valence-corrected chi connectivity index (χ3v) is 3.65. The van der Waals surface area contributed by atoms with Crippen LogP contribution in [0.15, 0.2) is 18.3 Å². The quantitative estimate of drug-likeness (QED) is 0.696. The Morgan fingerprint density at radius 1 is 1.40 bits per heavy atom. The lowest BCUT2D eigenvalue weighted by molar-refractivity contribution is 0.0605. The van der Waals surface area contributed by atoms with Crippen molar-refractivity contribution in [1.82, 2.24) is 9.97 Å². The van der Waals surface area contributed by atoms with Crippen LogP contribution in [0.1, 0.15) is 25.7 Å². The van der Waals surface area contributed by atoms with Crippen molar-refractivity contribution in [3.05, 3.63) is 39.6 Å². The molecule has 0 aliphatic rings. The molecule has 2 heterocycles. The summed E-state index contributed by atoms with van der Waals surface area (Å²) in [4.78, 5) is 31.7. The zero-order valence-corrected chi connectivity index (χ0v) is 12.2. The van der Waals surface area contributed by atoms with Gasteiger partial charge in [-0.15, -0.1) is 0 Å². The molecule has 0 unspecified atom stereocenters. The fourth-order valence-corrected chi connectivity index (χ4v) is 2.40. The SMILES string of the molecule is COC(=O)c1sc(NC(=O)c2ccc(Cl)nc2)nc1C. The van der Waals surface area contributed by atoms with Gasteiger partial charge in [0.25, 0.3) is 5.91 Å². The van der Waals surface area contributed by atoms with E-state index in [9.17, 15) is 9.59 Å². The van der Waals surface area contributed by atoms with E-state index >= 15 is 0 Å². The number of esters is 1. The zero-order chi connectivity index (χ0) is 14.7. The average Bonchev–Trinajstić information content (AvgIpc) is 2.79. The van der Waals surface area contributed by atoms with Crippen LogP contribution in [0, 0.1) is 6.92 Å². The van der Waals surface area contributed by atoms with Gasteiger partial charge in [0.05, 0.1) is 18.4 Å². The highest BCUT2D eigenvalue weighted by molar-refractivity contribution is 7.17. The van der Waals surface area contributed by atoms with Crippen LogP contribution in [0.25, 0.3) is 0 Å². The zero-order valence-electron chi connectivity index (χ0n) is 10.6. The van der Waals surface area contributed by atoms with Gasteiger partial charge >= 0.3 is 5.97 Å². The van der Waals surface area contributed by atoms with Gasteiger partial charge < -0.3 is 4.74 Å². The van der Waals surface area contributed by atoms with Crippen LogP contribution in [-0.4, -0.2) is 29.0 Å². The van der Waals surface area contributed by atoms with Crippen LogP contribution in [0.3, 0.4) is 0 Å². The molecule has 0 saturated heterocycles. The van der Waals surface area contributed by atoms with E-state index in [-0.39, 0.29) is 5.91 Å². The van der Waals surface area contributed by atoms with Crippen molar-refractivity contribution < 1.29 is 14.3 Å². The number of carbonyl (C=O) groups is 2. The number of anilines is 1. The number of ether oxygens (including phenoxy) is 1. The van der Waals surface area contributed by atoms with Gasteiger partial charge in [0.2, 0.25) is 0 Å². The number of thiazole rings is 1. The van der Waals surface area contributed by atoms with E-state index in [4.69, 9.17) is 11.6 Å². The van der Waals surface area contributed by atoms with E-state index in [0.717, 1.165) is 11.3 Å². The van der Waals surface area contributed by atoms with Crippen molar-refractivity contribution in [2.45, 2.75) is 6.92 Å². The smallest absolute Gasteiger partial charge is 0.350 e. The third kappa shape index (κ3) is 3.12. The van der Waals surface area contributed by atoms with Crippen molar-refractivity contribution >= 4 is 39.9 Å². The predicted molar refractivity (Wildman–Crippen MR) is 75.4 cm³/mol. The number of carbonyl (C=O) groups excluding carboxylic acids is 2. The standard InChI is InChI=1S/C12H10ClN3O3S/c1-6-9(11(18)19-2)20-12(15-6)16-10(17)7-3-4-8(13)14-5-7/h3-5H,1-2H3,(H,15,16,17). The lowest BCUT2D eigenvalue weighted by atomic mass is 10.3. The minimum absolute atomic E-state index is 0.305. The van der Waals surface area contributed by atoms with Crippen molar-refractivity contribution in [3.8, 4) is 0 Å². The third-order valence-electron chi connectivity index (χ3n) is 2.38. The first-order valence-corrected chi connectivity index (χ1v) is 6.69. The second-order valence-electron chi connectivity index (χ2n) is 3.75.